The van der Waals surface area contributed by atoms with Crippen molar-refractivity contribution in [2.75, 3.05) is 19.7 Å². The van der Waals surface area contributed by atoms with Gasteiger partial charge >= 0.3 is 6.09 Å². The molecule has 0 bridgehead atoms. The first kappa shape index (κ1) is 16.2. The summed E-state index contributed by atoms with van der Waals surface area (Å²) in [6.07, 6.45) is 1.21. The molecule has 0 radical (unpaired) electrons. The number of likely N-dealkylation sites (tertiary alicyclic amines) is 1. The van der Waals surface area contributed by atoms with Crippen LogP contribution in [-0.2, 0) is 4.74 Å². The average molecular weight is 332 g/mol. The summed E-state index contributed by atoms with van der Waals surface area (Å²) in [4.78, 5) is 25.2. The third kappa shape index (κ3) is 3.32. The Morgan fingerprint density at radius 1 is 1.42 bits per heavy atom. The zero-order valence-electron chi connectivity index (χ0n) is 13.7. The highest BCUT2D eigenvalue weighted by atomic mass is 16.6. The third-order valence-electron chi connectivity index (χ3n) is 4.14. The van der Waals surface area contributed by atoms with Crippen LogP contribution in [-0.4, -0.2) is 46.0 Å². The second-order valence-corrected chi connectivity index (χ2v) is 5.82. The van der Waals surface area contributed by atoms with E-state index in [0.29, 0.717) is 31.0 Å². The lowest BCUT2D eigenvalue weighted by molar-refractivity contribution is 0.0968. The molecule has 1 saturated heterocycles. The minimum absolute atomic E-state index is 0.132. The highest BCUT2D eigenvalue weighted by Gasteiger charge is 2.28. The largest absolute Gasteiger partial charge is 0.450 e. The number of hydrogen-bond donors (Lipinski definition) is 1. The molecule has 0 aliphatic carbocycles. The fourth-order valence-electron chi connectivity index (χ4n) is 2.96. The highest BCUT2D eigenvalue weighted by molar-refractivity contribution is 5.67. The summed E-state index contributed by atoms with van der Waals surface area (Å²) in [6, 6.07) is 3.27. The van der Waals surface area contributed by atoms with Gasteiger partial charge in [-0.25, -0.2) is 9.89 Å². The fourth-order valence-corrected chi connectivity index (χ4v) is 2.96. The van der Waals surface area contributed by atoms with E-state index in [1.54, 1.807) is 17.9 Å². The van der Waals surface area contributed by atoms with Gasteiger partial charge in [0.2, 0.25) is 0 Å². The summed E-state index contributed by atoms with van der Waals surface area (Å²) >= 11 is 0. The summed E-state index contributed by atoms with van der Waals surface area (Å²) < 4.78 is 10.3. The second-order valence-electron chi connectivity index (χ2n) is 5.82. The maximum absolute atomic E-state index is 11.8. The molecule has 1 amide bonds. The molecule has 128 valence electrons. The molecule has 2 aromatic rings. The first-order valence-electron chi connectivity index (χ1n) is 8.03. The Balaban J connectivity index is 1.81. The van der Waals surface area contributed by atoms with E-state index in [0.717, 1.165) is 24.2 Å². The fraction of sp³-hybridized carbons (Fsp3) is 0.500. The number of carbonyl (C=O) groups is 1. The molecule has 1 aliphatic heterocycles. The minimum Gasteiger partial charge on any atom is -0.450 e. The smallest absolute Gasteiger partial charge is 0.409 e. The van der Waals surface area contributed by atoms with Crippen molar-refractivity contribution in [3.8, 4) is 11.3 Å². The van der Waals surface area contributed by atoms with Crippen molar-refractivity contribution in [3.05, 3.63) is 33.9 Å². The van der Waals surface area contributed by atoms with Crippen LogP contribution in [0.15, 0.2) is 21.5 Å². The Bertz CT molecular complexity index is 774. The molecule has 3 heterocycles. The number of nitrogens with one attached hydrogen (secondary N) is 1. The van der Waals surface area contributed by atoms with Gasteiger partial charge in [-0.05, 0) is 26.7 Å². The standard InChI is InChI=1S/C16H20N4O4/c1-3-23-16(22)20-6-4-11(5-7-20)15-12(9-14(21)17-18-15)13-8-10(2)19-24-13/h8-9,11H,3-7H2,1-2H3,(H,17,21). The van der Waals surface area contributed by atoms with Gasteiger partial charge in [-0.1, -0.05) is 5.16 Å². The molecule has 8 nitrogen and oxygen atoms in total. The number of aromatic amines is 1. The highest BCUT2D eigenvalue weighted by Crippen LogP contribution is 2.33. The van der Waals surface area contributed by atoms with Crippen molar-refractivity contribution in [2.45, 2.75) is 32.6 Å². The lowest BCUT2D eigenvalue weighted by Crippen LogP contribution is -2.38. The predicted octanol–water partition coefficient (Wildman–Crippen LogP) is 2.07. The van der Waals surface area contributed by atoms with E-state index in [1.807, 2.05) is 6.92 Å². The Labute approximate surface area is 138 Å². The first-order valence-corrected chi connectivity index (χ1v) is 8.03. The maximum atomic E-state index is 11.8. The van der Waals surface area contributed by atoms with Gasteiger partial charge in [0.1, 0.15) is 0 Å². The van der Waals surface area contributed by atoms with Gasteiger partial charge in [-0.2, -0.15) is 5.10 Å². The van der Waals surface area contributed by atoms with Crippen LogP contribution in [0, 0.1) is 6.92 Å². The molecule has 8 heteroatoms. The molecule has 2 aromatic heterocycles. The molecular formula is C16H20N4O4. The van der Waals surface area contributed by atoms with E-state index in [2.05, 4.69) is 15.4 Å². The number of aromatic nitrogens is 3. The van der Waals surface area contributed by atoms with E-state index in [9.17, 15) is 9.59 Å². The Kier molecular flexibility index (Phi) is 4.64. The molecule has 1 aliphatic rings. The molecule has 24 heavy (non-hydrogen) atoms. The van der Waals surface area contributed by atoms with Crippen LogP contribution in [0.25, 0.3) is 11.3 Å². The first-order chi connectivity index (χ1) is 11.6. The molecule has 0 aromatic carbocycles. The lowest BCUT2D eigenvalue weighted by atomic mass is 9.90. The number of H-pyrrole nitrogens is 1. The maximum Gasteiger partial charge on any atom is 0.409 e. The number of piperidine rings is 1. The number of ether oxygens (including phenoxy) is 1. The van der Waals surface area contributed by atoms with Crippen LogP contribution >= 0.6 is 0 Å². The Morgan fingerprint density at radius 3 is 2.79 bits per heavy atom. The number of aryl methyl sites for hydroxylation is 1. The van der Waals surface area contributed by atoms with Crippen molar-refractivity contribution in [2.24, 2.45) is 0 Å². The number of rotatable bonds is 3. The van der Waals surface area contributed by atoms with Crippen molar-refractivity contribution in [3.63, 3.8) is 0 Å². The van der Waals surface area contributed by atoms with Gasteiger partial charge in [0.15, 0.2) is 5.76 Å². The van der Waals surface area contributed by atoms with Gasteiger partial charge in [0, 0.05) is 36.7 Å². The summed E-state index contributed by atoms with van der Waals surface area (Å²) in [5, 5.41) is 10.6. The molecule has 1 N–H and O–H groups in total. The summed E-state index contributed by atoms with van der Waals surface area (Å²) in [5.74, 6) is 0.668. The molecule has 0 saturated carbocycles. The van der Waals surface area contributed by atoms with Gasteiger partial charge in [0.05, 0.1) is 18.0 Å². The van der Waals surface area contributed by atoms with Crippen molar-refractivity contribution < 1.29 is 14.1 Å². The van der Waals surface area contributed by atoms with Crippen molar-refractivity contribution >= 4 is 6.09 Å². The molecule has 0 unspecified atom stereocenters. The van der Waals surface area contributed by atoms with E-state index in [4.69, 9.17) is 9.26 Å². The molecule has 3 rings (SSSR count). The number of amides is 1. The van der Waals surface area contributed by atoms with E-state index in [1.165, 1.54) is 6.07 Å². The van der Waals surface area contributed by atoms with Crippen molar-refractivity contribution in [1.82, 2.24) is 20.3 Å². The number of nitrogens with zero attached hydrogens (tertiary/aromatic N) is 3. The Morgan fingerprint density at radius 2 is 2.17 bits per heavy atom. The van der Waals surface area contributed by atoms with Gasteiger partial charge < -0.3 is 14.2 Å². The van der Waals surface area contributed by atoms with Crippen molar-refractivity contribution in [1.29, 1.82) is 0 Å². The number of carbonyl (C=O) groups excluding carboxylic acids is 1. The summed E-state index contributed by atoms with van der Waals surface area (Å²) in [7, 11) is 0. The van der Waals surface area contributed by atoms with E-state index >= 15 is 0 Å². The molecule has 1 fully saturated rings. The van der Waals surface area contributed by atoms with Gasteiger partial charge in [-0.15, -0.1) is 0 Å². The predicted molar refractivity (Wildman–Crippen MR) is 85.7 cm³/mol. The molecular weight excluding hydrogens is 312 g/mol. The van der Waals surface area contributed by atoms with Crippen LogP contribution in [0.5, 0.6) is 0 Å². The molecule has 0 spiro atoms. The van der Waals surface area contributed by atoms with Crippen LogP contribution in [0.1, 0.15) is 37.1 Å². The summed E-state index contributed by atoms with van der Waals surface area (Å²) in [5.41, 5.74) is 1.89. The average Bonchev–Trinajstić information content (AvgIpc) is 3.01. The topological polar surface area (TPSA) is 101 Å². The third-order valence-corrected chi connectivity index (χ3v) is 4.14. The van der Waals surface area contributed by atoms with Crippen LogP contribution in [0.3, 0.4) is 0 Å². The van der Waals surface area contributed by atoms with Gasteiger partial charge in [-0.3, -0.25) is 4.79 Å². The van der Waals surface area contributed by atoms with Crippen LogP contribution in [0.2, 0.25) is 0 Å². The van der Waals surface area contributed by atoms with Gasteiger partial charge in [0.25, 0.3) is 5.56 Å². The lowest BCUT2D eigenvalue weighted by Gasteiger charge is -2.31. The normalized spacial score (nSPS) is 15.5. The quantitative estimate of drug-likeness (QED) is 0.923. The summed E-state index contributed by atoms with van der Waals surface area (Å²) in [6.45, 7) is 5.18. The van der Waals surface area contributed by atoms with Crippen LogP contribution < -0.4 is 5.56 Å². The minimum atomic E-state index is -0.285. The SMILES string of the molecule is CCOC(=O)N1CCC(c2n[nH]c(=O)cc2-c2cc(C)no2)CC1. The Hall–Kier alpha value is -2.64. The zero-order valence-corrected chi connectivity index (χ0v) is 13.7. The molecule has 0 atom stereocenters. The monoisotopic (exact) mass is 332 g/mol. The van der Waals surface area contributed by atoms with E-state index < -0.39 is 0 Å². The van der Waals surface area contributed by atoms with E-state index in [-0.39, 0.29) is 17.6 Å². The zero-order chi connectivity index (χ0) is 17.1. The second kappa shape index (κ2) is 6.86. The number of hydrogen-bond acceptors (Lipinski definition) is 6. The van der Waals surface area contributed by atoms with Crippen LogP contribution in [0.4, 0.5) is 4.79 Å².